The molecule has 0 atom stereocenters. The van der Waals surface area contributed by atoms with Gasteiger partial charge >= 0.3 is 0 Å². The molecule has 0 bridgehead atoms. The van der Waals surface area contributed by atoms with Gasteiger partial charge in [-0.1, -0.05) is 48.0 Å². The third kappa shape index (κ3) is 4.05. The molecule has 1 aliphatic rings. The van der Waals surface area contributed by atoms with E-state index in [4.69, 9.17) is 11.6 Å². The Morgan fingerprint density at radius 2 is 1.73 bits per heavy atom. The Labute approximate surface area is 196 Å². The fourth-order valence-corrected chi connectivity index (χ4v) is 4.71. The summed E-state index contributed by atoms with van der Waals surface area (Å²) in [5.74, 6) is 0.114. The molecule has 2 aromatic heterocycles. The molecule has 0 aliphatic carbocycles. The minimum Gasteiger partial charge on any atom is -0.366 e. The zero-order chi connectivity index (χ0) is 22.9. The molecule has 5 rings (SSSR count). The summed E-state index contributed by atoms with van der Waals surface area (Å²) in [6, 6.07) is 17.1. The van der Waals surface area contributed by atoms with Crippen molar-refractivity contribution in [1.29, 1.82) is 0 Å². The Bertz CT molecular complexity index is 1370. The lowest BCUT2D eigenvalue weighted by Gasteiger charge is -2.35. The zero-order valence-corrected chi connectivity index (χ0v) is 19.0. The molecule has 33 heavy (non-hydrogen) atoms. The number of carbonyl (C=O) groups is 1. The van der Waals surface area contributed by atoms with E-state index in [0.717, 1.165) is 22.2 Å². The highest BCUT2D eigenvalue weighted by Crippen LogP contribution is 2.25. The molecular weight excluding hydrogens is 438 g/mol. The van der Waals surface area contributed by atoms with Crippen molar-refractivity contribution >= 4 is 34.0 Å². The first-order valence-corrected chi connectivity index (χ1v) is 11.3. The van der Waals surface area contributed by atoms with Gasteiger partial charge in [0.15, 0.2) is 5.78 Å². The molecule has 8 heteroatoms. The molecule has 1 saturated heterocycles. The molecule has 0 saturated carbocycles. The van der Waals surface area contributed by atoms with E-state index in [9.17, 15) is 9.59 Å². The fourth-order valence-electron chi connectivity index (χ4n) is 4.46. The Morgan fingerprint density at radius 3 is 2.48 bits per heavy atom. The maximum Gasteiger partial charge on any atom is 0.292 e. The minimum atomic E-state index is -0.340. The second-order valence-corrected chi connectivity index (χ2v) is 8.63. The van der Waals surface area contributed by atoms with Gasteiger partial charge in [-0.05, 0) is 25.1 Å². The number of hydrogen-bond acceptors (Lipinski definition) is 5. The number of fused-ring (bicyclic) bond motifs is 1. The van der Waals surface area contributed by atoms with Gasteiger partial charge in [-0.3, -0.25) is 14.5 Å². The van der Waals surface area contributed by atoms with Crippen molar-refractivity contribution in [3.8, 4) is 5.69 Å². The first-order chi connectivity index (χ1) is 16.0. The highest BCUT2D eigenvalue weighted by molar-refractivity contribution is 6.33. The Morgan fingerprint density at radius 1 is 1.03 bits per heavy atom. The summed E-state index contributed by atoms with van der Waals surface area (Å²) in [5.41, 5.74) is 3.61. The summed E-state index contributed by atoms with van der Waals surface area (Å²) in [6.07, 6.45) is 1.65. The largest absolute Gasteiger partial charge is 0.366 e. The lowest BCUT2D eigenvalue weighted by atomic mass is 10.1. The molecule has 0 radical (unpaired) electrons. The number of nitrogens with one attached hydrogen (secondary N) is 1. The van der Waals surface area contributed by atoms with Crippen molar-refractivity contribution in [3.63, 3.8) is 0 Å². The van der Waals surface area contributed by atoms with E-state index in [1.165, 1.54) is 4.68 Å². The summed E-state index contributed by atoms with van der Waals surface area (Å²) < 4.78 is 1.31. The van der Waals surface area contributed by atoms with Gasteiger partial charge < -0.3 is 9.88 Å². The number of ketones is 1. The summed E-state index contributed by atoms with van der Waals surface area (Å²) >= 11 is 6.46. The minimum absolute atomic E-state index is 0.114. The number of aromatic nitrogens is 3. The number of rotatable bonds is 5. The monoisotopic (exact) mass is 461 g/mol. The van der Waals surface area contributed by atoms with Crippen LogP contribution >= 0.6 is 11.6 Å². The molecular formula is C25H24ClN5O2. The van der Waals surface area contributed by atoms with Crippen LogP contribution in [0.15, 0.2) is 65.6 Å². The molecule has 1 aliphatic heterocycles. The molecule has 7 nitrogen and oxygen atoms in total. The van der Waals surface area contributed by atoms with E-state index in [-0.39, 0.29) is 16.4 Å². The zero-order valence-electron chi connectivity index (χ0n) is 18.3. The number of H-pyrrole nitrogens is 1. The normalized spacial score (nSPS) is 14.7. The summed E-state index contributed by atoms with van der Waals surface area (Å²) in [4.78, 5) is 33.4. The number of aryl methyl sites for hydroxylation is 1. The number of piperazine rings is 1. The van der Waals surface area contributed by atoms with Crippen LogP contribution in [0.25, 0.3) is 16.6 Å². The molecule has 0 unspecified atom stereocenters. The van der Waals surface area contributed by atoms with Crippen LogP contribution < -0.4 is 10.5 Å². The average molecular weight is 462 g/mol. The number of carbonyl (C=O) groups excluding carboxylic acids is 1. The van der Waals surface area contributed by atoms with Crippen molar-refractivity contribution in [2.75, 3.05) is 37.6 Å². The molecule has 2 aromatic carbocycles. The fraction of sp³-hybridized carbons (Fsp3) is 0.240. The molecule has 0 amide bonds. The molecule has 168 valence electrons. The first kappa shape index (κ1) is 21.4. The van der Waals surface area contributed by atoms with Crippen LogP contribution in [-0.2, 0) is 0 Å². The van der Waals surface area contributed by atoms with E-state index in [1.54, 1.807) is 6.20 Å². The van der Waals surface area contributed by atoms with Crippen molar-refractivity contribution in [2.24, 2.45) is 0 Å². The van der Waals surface area contributed by atoms with Crippen LogP contribution in [0.5, 0.6) is 0 Å². The van der Waals surface area contributed by atoms with Crippen LogP contribution in [0.1, 0.15) is 16.1 Å². The Kier molecular flexibility index (Phi) is 5.74. The van der Waals surface area contributed by atoms with Crippen LogP contribution in [0.2, 0.25) is 5.02 Å². The lowest BCUT2D eigenvalue weighted by molar-refractivity contribution is 0.0927. The van der Waals surface area contributed by atoms with E-state index >= 15 is 0 Å². The van der Waals surface area contributed by atoms with Crippen molar-refractivity contribution in [3.05, 3.63) is 87.4 Å². The summed E-state index contributed by atoms with van der Waals surface area (Å²) in [6.45, 7) is 5.03. The van der Waals surface area contributed by atoms with Crippen molar-refractivity contribution in [2.45, 2.75) is 6.92 Å². The van der Waals surface area contributed by atoms with E-state index < -0.39 is 0 Å². The van der Waals surface area contributed by atoms with E-state index in [0.29, 0.717) is 44.1 Å². The van der Waals surface area contributed by atoms with Crippen LogP contribution in [0.3, 0.4) is 0 Å². The predicted octanol–water partition coefficient (Wildman–Crippen LogP) is 3.68. The highest BCUT2D eigenvalue weighted by atomic mass is 35.5. The molecule has 3 heterocycles. The lowest BCUT2D eigenvalue weighted by Crippen LogP contribution is -2.48. The summed E-state index contributed by atoms with van der Waals surface area (Å²) in [5, 5.41) is 5.46. The topological polar surface area (TPSA) is 74.2 Å². The Balaban J connectivity index is 1.28. The number of anilines is 1. The first-order valence-electron chi connectivity index (χ1n) is 10.9. The van der Waals surface area contributed by atoms with Gasteiger partial charge in [0.25, 0.3) is 5.56 Å². The van der Waals surface area contributed by atoms with Gasteiger partial charge in [0.05, 0.1) is 24.1 Å². The molecule has 1 fully saturated rings. The van der Waals surface area contributed by atoms with E-state index in [2.05, 4.69) is 19.9 Å². The molecule has 1 N–H and O–H groups in total. The van der Waals surface area contributed by atoms with Gasteiger partial charge in [0.2, 0.25) is 0 Å². The maximum atomic E-state index is 13.1. The predicted molar refractivity (Wildman–Crippen MR) is 131 cm³/mol. The van der Waals surface area contributed by atoms with E-state index in [1.807, 2.05) is 61.5 Å². The van der Waals surface area contributed by atoms with Gasteiger partial charge in [0.1, 0.15) is 5.02 Å². The van der Waals surface area contributed by atoms with Crippen molar-refractivity contribution in [1.82, 2.24) is 19.7 Å². The second kappa shape index (κ2) is 8.84. The van der Waals surface area contributed by atoms with Crippen LogP contribution in [0, 0.1) is 6.92 Å². The molecule has 0 spiro atoms. The van der Waals surface area contributed by atoms with Crippen molar-refractivity contribution < 1.29 is 4.79 Å². The number of halogens is 1. The third-order valence-electron chi connectivity index (χ3n) is 6.15. The Hall–Kier alpha value is -3.42. The number of aromatic amines is 1. The summed E-state index contributed by atoms with van der Waals surface area (Å²) in [7, 11) is 0. The van der Waals surface area contributed by atoms with Crippen LogP contribution in [-0.4, -0.2) is 58.2 Å². The van der Waals surface area contributed by atoms with Gasteiger partial charge in [-0.2, -0.15) is 9.78 Å². The smallest absolute Gasteiger partial charge is 0.292 e. The molecule has 4 aromatic rings. The quantitative estimate of drug-likeness (QED) is 0.459. The number of para-hydroxylation sites is 2. The second-order valence-electron chi connectivity index (χ2n) is 8.25. The standard InChI is InChI=1S/C25H24ClN5O2/c1-17-23(19-9-5-6-10-20(19)28-17)22(32)16-29-11-13-30(14-12-29)21-15-27-31(25(33)24(21)26)18-7-3-2-4-8-18/h2-10,15,28H,11-14,16H2,1H3. The maximum absolute atomic E-state index is 13.1. The van der Waals surface area contributed by atoms with Gasteiger partial charge in [-0.15, -0.1) is 0 Å². The number of benzene rings is 2. The number of Topliss-reactive ketones (excluding diaryl/α,β-unsaturated/α-hetero) is 1. The highest BCUT2D eigenvalue weighted by Gasteiger charge is 2.24. The SMILES string of the molecule is Cc1[nH]c2ccccc2c1C(=O)CN1CCN(c2cnn(-c3ccccc3)c(=O)c2Cl)CC1. The number of nitrogens with zero attached hydrogens (tertiary/aromatic N) is 4. The third-order valence-corrected chi connectivity index (χ3v) is 6.51. The van der Waals surface area contributed by atoms with Gasteiger partial charge in [0, 0.05) is 48.3 Å². The number of hydrogen-bond donors (Lipinski definition) is 1. The van der Waals surface area contributed by atoms with Gasteiger partial charge in [-0.25, -0.2) is 0 Å². The average Bonchev–Trinajstić information content (AvgIpc) is 3.18. The van der Waals surface area contributed by atoms with Crippen LogP contribution in [0.4, 0.5) is 5.69 Å².